The summed E-state index contributed by atoms with van der Waals surface area (Å²) < 4.78 is 6.01. The van der Waals surface area contributed by atoms with Gasteiger partial charge in [-0.05, 0) is 36.6 Å². The van der Waals surface area contributed by atoms with E-state index in [4.69, 9.17) is 16.3 Å². The monoisotopic (exact) mass is 387 g/mol. The lowest BCUT2D eigenvalue weighted by Gasteiger charge is -2.36. The first-order valence-electron chi connectivity index (χ1n) is 8.94. The van der Waals surface area contributed by atoms with E-state index in [0.29, 0.717) is 30.3 Å². The largest absolute Gasteiger partial charge is 0.481 e. The highest BCUT2D eigenvalue weighted by Crippen LogP contribution is 2.29. The summed E-state index contributed by atoms with van der Waals surface area (Å²) in [6, 6.07) is 16.2. The molecule has 27 heavy (non-hydrogen) atoms. The first-order valence-corrected chi connectivity index (χ1v) is 9.32. The normalized spacial score (nSPS) is 20.7. The Morgan fingerprint density at radius 2 is 1.81 bits per heavy atom. The second kappa shape index (κ2) is 8.44. The average molecular weight is 388 g/mol. The molecule has 1 fully saturated rings. The second-order valence-corrected chi connectivity index (χ2v) is 7.29. The van der Waals surface area contributed by atoms with Gasteiger partial charge < -0.3 is 14.7 Å². The van der Waals surface area contributed by atoms with Gasteiger partial charge >= 0.3 is 5.97 Å². The zero-order valence-corrected chi connectivity index (χ0v) is 15.8. The maximum absolute atomic E-state index is 13.2. The Balaban J connectivity index is 1.81. The minimum Gasteiger partial charge on any atom is -0.481 e. The van der Waals surface area contributed by atoms with E-state index in [9.17, 15) is 14.7 Å². The topological polar surface area (TPSA) is 66.8 Å². The van der Waals surface area contributed by atoms with Crippen molar-refractivity contribution in [2.24, 2.45) is 11.8 Å². The quantitative estimate of drug-likeness (QED) is 0.841. The zero-order valence-electron chi connectivity index (χ0n) is 15.0. The van der Waals surface area contributed by atoms with Gasteiger partial charge in [-0.25, -0.2) is 0 Å². The number of piperidine rings is 1. The maximum Gasteiger partial charge on any atom is 0.306 e. The van der Waals surface area contributed by atoms with E-state index in [0.717, 1.165) is 5.56 Å². The Hall–Kier alpha value is -2.53. The Morgan fingerprint density at radius 1 is 1.15 bits per heavy atom. The van der Waals surface area contributed by atoms with Crippen LogP contribution in [0.2, 0.25) is 5.02 Å². The number of nitrogens with zero attached hydrogens (tertiary/aromatic N) is 1. The first-order chi connectivity index (χ1) is 13.0. The number of likely N-dealkylation sites (tertiary alicyclic amines) is 1. The summed E-state index contributed by atoms with van der Waals surface area (Å²) in [4.78, 5) is 26.3. The highest BCUT2D eigenvalue weighted by molar-refractivity contribution is 6.30. The van der Waals surface area contributed by atoms with Crippen molar-refractivity contribution in [2.75, 3.05) is 13.1 Å². The molecule has 142 valence electrons. The summed E-state index contributed by atoms with van der Waals surface area (Å²) in [5.74, 6) is -0.929. The summed E-state index contributed by atoms with van der Waals surface area (Å²) in [7, 11) is 0. The van der Waals surface area contributed by atoms with Gasteiger partial charge in [-0.1, -0.05) is 48.9 Å². The number of carboxylic acid groups (broad SMARTS) is 1. The third-order valence-corrected chi connectivity index (χ3v) is 5.18. The van der Waals surface area contributed by atoms with Crippen molar-refractivity contribution in [3.8, 4) is 5.75 Å². The molecule has 1 aliphatic heterocycles. The van der Waals surface area contributed by atoms with E-state index in [1.54, 1.807) is 29.2 Å². The predicted octanol–water partition coefficient (Wildman–Crippen LogP) is 4.03. The molecule has 5 nitrogen and oxygen atoms in total. The first kappa shape index (κ1) is 19.2. The summed E-state index contributed by atoms with van der Waals surface area (Å²) in [5.41, 5.74) is 0.755. The van der Waals surface area contributed by atoms with Gasteiger partial charge in [0.1, 0.15) is 5.75 Å². The van der Waals surface area contributed by atoms with Crippen molar-refractivity contribution in [3.05, 3.63) is 65.2 Å². The summed E-state index contributed by atoms with van der Waals surface area (Å²) in [5, 5.41) is 9.89. The Labute approximate surface area is 163 Å². The fraction of sp³-hybridized carbons (Fsp3) is 0.333. The van der Waals surface area contributed by atoms with Gasteiger partial charge in [0.25, 0.3) is 5.91 Å². The Kier molecular flexibility index (Phi) is 6.01. The van der Waals surface area contributed by atoms with Gasteiger partial charge in [0.2, 0.25) is 6.10 Å². The molecule has 0 saturated carbocycles. The van der Waals surface area contributed by atoms with E-state index in [1.165, 1.54) is 0 Å². The van der Waals surface area contributed by atoms with E-state index in [1.807, 2.05) is 37.3 Å². The number of carboxylic acids is 1. The van der Waals surface area contributed by atoms with Gasteiger partial charge in [0.05, 0.1) is 5.92 Å². The molecule has 3 atom stereocenters. The number of halogens is 1. The van der Waals surface area contributed by atoms with Crippen molar-refractivity contribution in [1.82, 2.24) is 4.90 Å². The highest BCUT2D eigenvalue weighted by Gasteiger charge is 2.36. The van der Waals surface area contributed by atoms with E-state index >= 15 is 0 Å². The molecule has 1 amide bonds. The maximum atomic E-state index is 13.2. The van der Waals surface area contributed by atoms with Crippen LogP contribution in [0.4, 0.5) is 0 Å². The summed E-state index contributed by atoms with van der Waals surface area (Å²) >= 11 is 5.93. The van der Waals surface area contributed by atoms with Crippen molar-refractivity contribution in [1.29, 1.82) is 0 Å². The van der Waals surface area contributed by atoms with E-state index in [2.05, 4.69) is 0 Å². The molecule has 6 heteroatoms. The summed E-state index contributed by atoms with van der Waals surface area (Å²) in [6.07, 6.45) is -0.342. The lowest BCUT2D eigenvalue weighted by molar-refractivity contribution is -0.150. The smallest absolute Gasteiger partial charge is 0.306 e. The van der Waals surface area contributed by atoms with Gasteiger partial charge in [-0.15, -0.1) is 0 Å². The molecule has 0 aromatic heterocycles. The van der Waals surface area contributed by atoms with Crippen LogP contribution in [0.1, 0.15) is 25.0 Å². The van der Waals surface area contributed by atoms with Crippen LogP contribution in [0, 0.1) is 11.8 Å². The molecule has 1 heterocycles. The second-order valence-electron chi connectivity index (χ2n) is 6.86. The fourth-order valence-electron chi connectivity index (χ4n) is 3.42. The van der Waals surface area contributed by atoms with E-state index in [-0.39, 0.29) is 11.8 Å². The van der Waals surface area contributed by atoms with Crippen LogP contribution < -0.4 is 4.74 Å². The van der Waals surface area contributed by atoms with Crippen LogP contribution in [-0.4, -0.2) is 35.0 Å². The molecule has 0 spiro atoms. The van der Waals surface area contributed by atoms with Crippen LogP contribution in [0.15, 0.2) is 54.6 Å². The SMILES string of the molecule is CC1CN(C(=O)C(Oc2ccc(Cl)cc2)c2ccccc2)CCC1C(=O)O. The molecule has 1 aliphatic rings. The fourth-order valence-corrected chi connectivity index (χ4v) is 3.54. The number of carbonyl (C=O) groups excluding carboxylic acids is 1. The molecule has 2 aromatic rings. The molecule has 1 N–H and O–H groups in total. The van der Waals surface area contributed by atoms with Gasteiger partial charge in [0.15, 0.2) is 0 Å². The van der Waals surface area contributed by atoms with Gasteiger partial charge in [-0.2, -0.15) is 0 Å². The van der Waals surface area contributed by atoms with Crippen molar-refractivity contribution >= 4 is 23.5 Å². The van der Waals surface area contributed by atoms with Crippen LogP contribution in [0.25, 0.3) is 0 Å². The molecular weight excluding hydrogens is 366 g/mol. The number of aliphatic carboxylic acids is 1. The van der Waals surface area contributed by atoms with Crippen LogP contribution in [0.3, 0.4) is 0 Å². The predicted molar refractivity (Wildman–Crippen MR) is 103 cm³/mol. The number of hydrogen-bond donors (Lipinski definition) is 1. The van der Waals surface area contributed by atoms with Crippen molar-refractivity contribution in [2.45, 2.75) is 19.4 Å². The average Bonchev–Trinajstić information content (AvgIpc) is 2.67. The molecule has 3 rings (SSSR count). The lowest BCUT2D eigenvalue weighted by Crippen LogP contribution is -2.47. The molecule has 0 radical (unpaired) electrons. The van der Waals surface area contributed by atoms with Crippen LogP contribution in [-0.2, 0) is 9.59 Å². The van der Waals surface area contributed by atoms with Gasteiger partial charge in [0, 0.05) is 23.7 Å². The Morgan fingerprint density at radius 3 is 2.41 bits per heavy atom. The van der Waals surface area contributed by atoms with Crippen LogP contribution in [0.5, 0.6) is 5.75 Å². The van der Waals surface area contributed by atoms with Crippen LogP contribution >= 0.6 is 11.6 Å². The standard InChI is InChI=1S/C21H22ClNO4/c1-14-13-23(12-11-18(14)21(25)26)20(24)19(15-5-3-2-4-6-15)27-17-9-7-16(22)8-10-17/h2-10,14,18-19H,11-13H2,1H3,(H,25,26). The third kappa shape index (κ3) is 4.61. The number of hydrogen-bond acceptors (Lipinski definition) is 3. The molecule has 2 aromatic carbocycles. The molecular formula is C21H22ClNO4. The number of benzene rings is 2. The number of ether oxygens (including phenoxy) is 1. The highest BCUT2D eigenvalue weighted by atomic mass is 35.5. The third-order valence-electron chi connectivity index (χ3n) is 4.93. The summed E-state index contributed by atoms with van der Waals surface area (Å²) in [6.45, 7) is 2.69. The van der Waals surface area contributed by atoms with Gasteiger partial charge in [-0.3, -0.25) is 9.59 Å². The molecule has 3 unspecified atom stereocenters. The minimum absolute atomic E-state index is 0.104. The number of carbonyl (C=O) groups is 2. The van der Waals surface area contributed by atoms with Crippen molar-refractivity contribution < 1.29 is 19.4 Å². The molecule has 1 saturated heterocycles. The minimum atomic E-state index is -0.799. The lowest BCUT2D eigenvalue weighted by atomic mass is 9.86. The Bertz CT molecular complexity index is 794. The molecule has 0 aliphatic carbocycles. The zero-order chi connectivity index (χ0) is 19.4. The van der Waals surface area contributed by atoms with E-state index < -0.39 is 18.0 Å². The molecule has 0 bridgehead atoms. The number of amides is 1. The number of rotatable bonds is 5. The van der Waals surface area contributed by atoms with Crippen molar-refractivity contribution in [3.63, 3.8) is 0 Å².